The molecular weight excluding hydrogens is 454 g/mol. The van der Waals surface area contributed by atoms with E-state index in [-0.39, 0.29) is 5.91 Å². The van der Waals surface area contributed by atoms with Crippen LogP contribution in [-0.2, 0) is 17.8 Å². The number of benzene rings is 1. The number of fused-ring (bicyclic) bond motifs is 1. The molecule has 0 saturated carbocycles. The van der Waals surface area contributed by atoms with Crippen molar-refractivity contribution in [3.8, 4) is 5.82 Å². The largest absolute Gasteiger partial charge is 0.340 e. The summed E-state index contributed by atoms with van der Waals surface area (Å²) in [6.45, 7) is 17.0. The molecule has 10 nitrogen and oxygen atoms in total. The molecule has 4 heterocycles. The molecule has 3 aromatic heterocycles. The molecule has 1 amide bonds. The number of hydrogen-bond donors (Lipinski definition) is 0. The second kappa shape index (κ2) is 9.87. The van der Waals surface area contributed by atoms with Crippen molar-refractivity contribution in [3.05, 3.63) is 76.2 Å². The van der Waals surface area contributed by atoms with E-state index in [1.165, 1.54) is 5.56 Å². The predicted molar refractivity (Wildman–Crippen MR) is 135 cm³/mol. The first-order valence-electron chi connectivity index (χ1n) is 12.1. The number of hydrogen-bond acceptors (Lipinski definition) is 6. The quantitative estimate of drug-likeness (QED) is 0.392. The summed E-state index contributed by atoms with van der Waals surface area (Å²) in [5, 5.41) is 17.5. The van der Waals surface area contributed by atoms with Crippen LogP contribution in [0.25, 0.3) is 16.3 Å². The Morgan fingerprint density at radius 1 is 0.972 bits per heavy atom. The highest BCUT2D eigenvalue weighted by molar-refractivity contribution is 5.76. The minimum Gasteiger partial charge on any atom is -0.340 e. The number of rotatable bonds is 6. The molecule has 0 N–H and O–H groups in total. The van der Waals surface area contributed by atoms with Gasteiger partial charge in [-0.15, -0.1) is 15.3 Å². The smallest absolute Gasteiger partial charge is 0.222 e. The molecule has 1 fully saturated rings. The lowest BCUT2D eigenvalue weighted by Gasteiger charge is -2.35. The summed E-state index contributed by atoms with van der Waals surface area (Å²) in [5.74, 6) is 1.60. The Hall–Kier alpha value is -4.10. The van der Waals surface area contributed by atoms with E-state index in [2.05, 4.69) is 25.0 Å². The molecule has 184 valence electrons. The van der Waals surface area contributed by atoms with E-state index >= 15 is 0 Å². The summed E-state index contributed by atoms with van der Waals surface area (Å²) in [5.41, 5.74) is 5.55. The van der Waals surface area contributed by atoms with Gasteiger partial charge in [-0.25, -0.2) is 9.53 Å². The van der Waals surface area contributed by atoms with Gasteiger partial charge in [0.05, 0.1) is 12.3 Å². The molecule has 0 radical (unpaired) electrons. The van der Waals surface area contributed by atoms with Gasteiger partial charge in [0, 0.05) is 44.8 Å². The van der Waals surface area contributed by atoms with Crippen LogP contribution in [0.15, 0.2) is 36.4 Å². The summed E-state index contributed by atoms with van der Waals surface area (Å²) >= 11 is 0. The second-order valence-electron chi connectivity index (χ2n) is 9.21. The molecular formula is C26H29N9O. The van der Waals surface area contributed by atoms with Gasteiger partial charge in [-0.1, -0.05) is 24.3 Å². The number of amides is 1. The molecule has 1 saturated heterocycles. The lowest BCUT2D eigenvalue weighted by molar-refractivity contribution is -0.133. The Kier molecular flexibility index (Phi) is 6.48. The molecule has 4 aromatic rings. The Morgan fingerprint density at radius 2 is 1.72 bits per heavy atom. The first kappa shape index (κ1) is 23.6. The minimum absolute atomic E-state index is 0.183. The Bertz CT molecular complexity index is 1440. The van der Waals surface area contributed by atoms with Crippen molar-refractivity contribution in [2.24, 2.45) is 0 Å². The molecule has 0 atom stereocenters. The van der Waals surface area contributed by atoms with Crippen LogP contribution in [0.1, 0.15) is 34.8 Å². The van der Waals surface area contributed by atoms with E-state index in [0.29, 0.717) is 30.0 Å². The fourth-order valence-corrected chi connectivity index (χ4v) is 4.74. The number of nitrogens with zero attached hydrogens (tertiary/aromatic N) is 9. The van der Waals surface area contributed by atoms with Gasteiger partial charge in [0.25, 0.3) is 0 Å². The third-order valence-electron chi connectivity index (χ3n) is 6.85. The van der Waals surface area contributed by atoms with Crippen LogP contribution < -0.4 is 0 Å². The fourth-order valence-electron chi connectivity index (χ4n) is 4.74. The highest BCUT2D eigenvalue weighted by atomic mass is 16.2. The van der Waals surface area contributed by atoms with Crippen molar-refractivity contribution in [1.82, 2.24) is 39.4 Å². The number of aromatic nitrogens is 6. The van der Waals surface area contributed by atoms with Crippen molar-refractivity contribution >= 4 is 17.2 Å². The second-order valence-corrected chi connectivity index (χ2v) is 9.21. The SMILES string of the molecule is [C-]#[N+]c1ccc(CN2CCN(C(=O)CCc3c(C)nn(-c4ccc5nnc(C)n5n4)c3C)CC2)cc1. The van der Waals surface area contributed by atoms with Crippen LogP contribution >= 0.6 is 0 Å². The van der Waals surface area contributed by atoms with Crippen LogP contribution in [0.5, 0.6) is 0 Å². The van der Waals surface area contributed by atoms with Gasteiger partial charge in [-0.05, 0) is 50.5 Å². The number of carbonyl (C=O) groups excluding carboxylic acids is 1. The van der Waals surface area contributed by atoms with Gasteiger partial charge in [0.2, 0.25) is 5.91 Å². The van der Waals surface area contributed by atoms with Crippen LogP contribution in [0.3, 0.4) is 0 Å². The van der Waals surface area contributed by atoms with Crippen molar-refractivity contribution < 1.29 is 4.79 Å². The number of aryl methyl sites for hydroxylation is 2. The fraction of sp³-hybridized carbons (Fsp3) is 0.385. The molecule has 1 aromatic carbocycles. The molecule has 0 spiro atoms. The maximum Gasteiger partial charge on any atom is 0.222 e. The van der Waals surface area contributed by atoms with Crippen molar-refractivity contribution in [2.45, 2.75) is 40.2 Å². The Morgan fingerprint density at radius 3 is 2.44 bits per heavy atom. The summed E-state index contributed by atoms with van der Waals surface area (Å²) in [7, 11) is 0. The monoisotopic (exact) mass is 483 g/mol. The van der Waals surface area contributed by atoms with Gasteiger partial charge in [0.1, 0.15) is 0 Å². The summed E-state index contributed by atoms with van der Waals surface area (Å²) in [6.07, 6.45) is 1.11. The normalized spacial score (nSPS) is 14.3. The Labute approximate surface area is 210 Å². The average molecular weight is 484 g/mol. The molecule has 1 aliphatic heterocycles. The first-order valence-corrected chi connectivity index (χ1v) is 12.1. The van der Waals surface area contributed by atoms with Gasteiger partial charge < -0.3 is 4.90 Å². The summed E-state index contributed by atoms with van der Waals surface area (Å²) in [6, 6.07) is 11.5. The molecule has 0 bridgehead atoms. The third kappa shape index (κ3) is 4.70. The highest BCUT2D eigenvalue weighted by Gasteiger charge is 2.22. The van der Waals surface area contributed by atoms with Crippen LogP contribution in [0.2, 0.25) is 0 Å². The van der Waals surface area contributed by atoms with E-state index < -0.39 is 0 Å². The van der Waals surface area contributed by atoms with E-state index in [9.17, 15) is 4.79 Å². The van der Waals surface area contributed by atoms with Crippen LogP contribution in [-0.4, -0.2) is 71.5 Å². The first-order chi connectivity index (χ1) is 17.4. The molecule has 5 rings (SSSR count). The van der Waals surface area contributed by atoms with E-state index in [1.807, 2.05) is 66.8 Å². The standard InChI is InChI=1S/C26H29N9O/c1-18-23(19(2)34(30-18)25-11-10-24-29-28-20(3)35(24)31-25)9-12-26(36)33-15-13-32(14-16-33)17-21-5-7-22(27-4)8-6-21/h5-8,10-11H,9,12-17H2,1-3H3. The van der Waals surface area contributed by atoms with Crippen molar-refractivity contribution in [3.63, 3.8) is 0 Å². The van der Waals surface area contributed by atoms with Crippen LogP contribution in [0, 0.1) is 27.3 Å². The zero-order chi connectivity index (χ0) is 25.2. The zero-order valence-electron chi connectivity index (χ0n) is 20.8. The maximum atomic E-state index is 13.0. The molecule has 10 heteroatoms. The topological polar surface area (TPSA) is 88.8 Å². The molecule has 1 aliphatic rings. The highest BCUT2D eigenvalue weighted by Crippen LogP contribution is 2.20. The predicted octanol–water partition coefficient (Wildman–Crippen LogP) is 3.06. The molecule has 0 unspecified atom stereocenters. The van der Waals surface area contributed by atoms with E-state index in [1.54, 1.807) is 4.52 Å². The van der Waals surface area contributed by atoms with Crippen molar-refractivity contribution in [2.75, 3.05) is 26.2 Å². The lowest BCUT2D eigenvalue weighted by atomic mass is 10.1. The number of piperazine rings is 1. The van der Waals surface area contributed by atoms with E-state index in [0.717, 1.165) is 55.5 Å². The molecule has 0 aliphatic carbocycles. The Balaban J connectivity index is 1.18. The maximum absolute atomic E-state index is 13.0. The average Bonchev–Trinajstić information content (AvgIpc) is 3.41. The van der Waals surface area contributed by atoms with Gasteiger partial charge >= 0.3 is 0 Å². The number of carbonyl (C=O) groups is 1. The van der Waals surface area contributed by atoms with Gasteiger partial charge in [0.15, 0.2) is 23.0 Å². The van der Waals surface area contributed by atoms with Gasteiger partial charge in [-0.2, -0.15) is 9.61 Å². The van der Waals surface area contributed by atoms with E-state index in [4.69, 9.17) is 11.7 Å². The van der Waals surface area contributed by atoms with Crippen molar-refractivity contribution in [1.29, 1.82) is 0 Å². The van der Waals surface area contributed by atoms with Crippen LogP contribution in [0.4, 0.5) is 5.69 Å². The molecule has 36 heavy (non-hydrogen) atoms. The summed E-state index contributed by atoms with van der Waals surface area (Å²) in [4.78, 5) is 20.8. The zero-order valence-corrected chi connectivity index (χ0v) is 20.8. The van der Waals surface area contributed by atoms with Gasteiger partial charge in [-0.3, -0.25) is 9.69 Å². The summed E-state index contributed by atoms with van der Waals surface area (Å²) < 4.78 is 3.54. The minimum atomic E-state index is 0.183. The lowest BCUT2D eigenvalue weighted by Crippen LogP contribution is -2.48. The third-order valence-corrected chi connectivity index (χ3v) is 6.85.